The van der Waals surface area contributed by atoms with Crippen LogP contribution in [-0.4, -0.2) is 22.3 Å². The van der Waals surface area contributed by atoms with Gasteiger partial charge in [0.15, 0.2) is 5.58 Å². The molecule has 0 atom stereocenters. The molecule has 1 heterocycles. The number of thioether (sulfide) groups is 1. The highest BCUT2D eigenvalue weighted by molar-refractivity contribution is 7.98. The number of hydrogen-bond acceptors (Lipinski definition) is 4. The zero-order valence-electron chi connectivity index (χ0n) is 10.7. The third-order valence-electron chi connectivity index (χ3n) is 2.98. The first-order chi connectivity index (χ1) is 9.70. The topological polar surface area (TPSA) is 63.3 Å². The van der Waals surface area contributed by atoms with Gasteiger partial charge in [-0.3, -0.25) is 0 Å². The number of hydrogen-bond donors (Lipinski definition) is 1. The van der Waals surface area contributed by atoms with Crippen molar-refractivity contribution in [3.8, 4) is 11.5 Å². The van der Waals surface area contributed by atoms with Crippen LogP contribution in [0.2, 0.25) is 0 Å². The maximum absolute atomic E-state index is 11.2. The molecule has 5 heteroatoms. The monoisotopic (exact) mass is 285 g/mol. The third kappa shape index (κ3) is 2.06. The van der Waals surface area contributed by atoms with Crippen molar-refractivity contribution in [2.24, 2.45) is 0 Å². The standard InChI is InChI=1S/C15H11NO3S/c1-20-12-8-3-2-5-9(12)14-16-11-7-4-6-10(15(17)18)13(11)19-14/h2-8H,1H3,(H,17,18). The zero-order valence-corrected chi connectivity index (χ0v) is 11.5. The van der Waals surface area contributed by atoms with Crippen molar-refractivity contribution in [2.45, 2.75) is 4.90 Å². The predicted octanol–water partition coefficient (Wildman–Crippen LogP) is 3.91. The Bertz CT molecular complexity index is 795. The summed E-state index contributed by atoms with van der Waals surface area (Å²) in [6.45, 7) is 0. The van der Waals surface area contributed by atoms with Gasteiger partial charge in [0.05, 0.1) is 5.56 Å². The number of carboxylic acid groups (broad SMARTS) is 1. The molecule has 0 unspecified atom stereocenters. The molecular formula is C15H11NO3S. The molecule has 2 aromatic carbocycles. The molecule has 0 aliphatic rings. The summed E-state index contributed by atoms with van der Waals surface area (Å²) >= 11 is 1.59. The molecule has 0 aliphatic heterocycles. The fourth-order valence-electron chi connectivity index (χ4n) is 2.05. The highest BCUT2D eigenvalue weighted by atomic mass is 32.2. The van der Waals surface area contributed by atoms with Crippen LogP contribution in [-0.2, 0) is 0 Å². The molecule has 1 aromatic heterocycles. The summed E-state index contributed by atoms with van der Waals surface area (Å²) in [7, 11) is 0. The van der Waals surface area contributed by atoms with Crippen molar-refractivity contribution < 1.29 is 14.3 Å². The average molecular weight is 285 g/mol. The minimum Gasteiger partial charge on any atom is -0.478 e. The first-order valence-electron chi connectivity index (χ1n) is 5.97. The van der Waals surface area contributed by atoms with E-state index in [1.54, 1.807) is 23.9 Å². The van der Waals surface area contributed by atoms with E-state index in [4.69, 9.17) is 4.42 Å². The maximum Gasteiger partial charge on any atom is 0.339 e. The smallest absolute Gasteiger partial charge is 0.339 e. The van der Waals surface area contributed by atoms with Crippen molar-refractivity contribution in [3.63, 3.8) is 0 Å². The van der Waals surface area contributed by atoms with Gasteiger partial charge >= 0.3 is 5.97 Å². The Morgan fingerprint density at radius 1 is 1.20 bits per heavy atom. The lowest BCUT2D eigenvalue weighted by atomic mass is 10.2. The number of rotatable bonds is 3. The lowest BCUT2D eigenvalue weighted by Crippen LogP contribution is -1.95. The molecule has 0 spiro atoms. The van der Waals surface area contributed by atoms with Gasteiger partial charge in [-0.1, -0.05) is 18.2 Å². The maximum atomic E-state index is 11.2. The van der Waals surface area contributed by atoms with Gasteiger partial charge in [0.25, 0.3) is 0 Å². The SMILES string of the molecule is CSc1ccccc1-c1nc2cccc(C(=O)O)c2o1. The van der Waals surface area contributed by atoms with Gasteiger partial charge in [-0.2, -0.15) is 0 Å². The number of fused-ring (bicyclic) bond motifs is 1. The molecule has 3 aromatic rings. The summed E-state index contributed by atoms with van der Waals surface area (Å²) in [4.78, 5) is 16.6. The first-order valence-corrected chi connectivity index (χ1v) is 7.19. The van der Waals surface area contributed by atoms with Crippen molar-refractivity contribution in [3.05, 3.63) is 48.0 Å². The van der Waals surface area contributed by atoms with E-state index in [0.717, 1.165) is 10.5 Å². The van der Waals surface area contributed by atoms with Crippen LogP contribution in [0.3, 0.4) is 0 Å². The molecular weight excluding hydrogens is 274 g/mol. The molecule has 0 fully saturated rings. The van der Waals surface area contributed by atoms with E-state index >= 15 is 0 Å². The third-order valence-corrected chi connectivity index (χ3v) is 3.78. The second-order valence-electron chi connectivity index (χ2n) is 4.18. The van der Waals surface area contributed by atoms with E-state index in [1.165, 1.54) is 6.07 Å². The van der Waals surface area contributed by atoms with Gasteiger partial charge in [-0.15, -0.1) is 11.8 Å². The summed E-state index contributed by atoms with van der Waals surface area (Å²) < 4.78 is 5.68. The van der Waals surface area contributed by atoms with Crippen LogP contribution in [0, 0.1) is 0 Å². The highest BCUT2D eigenvalue weighted by Gasteiger charge is 2.16. The van der Waals surface area contributed by atoms with Gasteiger partial charge in [-0.05, 0) is 30.5 Å². The van der Waals surface area contributed by atoms with Crippen LogP contribution in [0.15, 0.2) is 51.8 Å². The molecule has 3 rings (SSSR count). The zero-order chi connectivity index (χ0) is 14.1. The quantitative estimate of drug-likeness (QED) is 0.739. The number of nitrogens with zero attached hydrogens (tertiary/aromatic N) is 1. The van der Waals surface area contributed by atoms with Gasteiger partial charge in [0, 0.05) is 4.90 Å². The molecule has 20 heavy (non-hydrogen) atoms. The fraction of sp³-hybridized carbons (Fsp3) is 0.0667. The van der Waals surface area contributed by atoms with Gasteiger partial charge in [-0.25, -0.2) is 9.78 Å². The Hall–Kier alpha value is -2.27. The Labute approximate surface area is 119 Å². The molecule has 1 N–H and O–H groups in total. The van der Waals surface area contributed by atoms with Crippen molar-refractivity contribution in [1.29, 1.82) is 0 Å². The highest BCUT2D eigenvalue weighted by Crippen LogP contribution is 2.32. The van der Waals surface area contributed by atoms with E-state index < -0.39 is 5.97 Å². The summed E-state index contributed by atoms with van der Waals surface area (Å²) in [5.41, 5.74) is 1.86. The number of oxazole rings is 1. The molecule has 4 nitrogen and oxygen atoms in total. The number of aromatic nitrogens is 1. The average Bonchev–Trinajstić information content (AvgIpc) is 2.90. The van der Waals surface area contributed by atoms with E-state index in [-0.39, 0.29) is 5.56 Å². The van der Waals surface area contributed by atoms with Crippen molar-refractivity contribution >= 4 is 28.8 Å². The Kier molecular flexibility index (Phi) is 3.20. The molecule has 0 radical (unpaired) electrons. The summed E-state index contributed by atoms with van der Waals surface area (Å²) in [6.07, 6.45) is 1.98. The van der Waals surface area contributed by atoms with E-state index in [1.807, 2.05) is 30.5 Å². The van der Waals surface area contributed by atoms with E-state index in [2.05, 4.69) is 4.98 Å². The second-order valence-corrected chi connectivity index (χ2v) is 5.03. The van der Waals surface area contributed by atoms with Crippen LogP contribution < -0.4 is 0 Å². The lowest BCUT2D eigenvalue weighted by Gasteiger charge is -2.01. The van der Waals surface area contributed by atoms with E-state index in [0.29, 0.717) is 17.0 Å². The molecule has 0 bridgehead atoms. The lowest BCUT2D eigenvalue weighted by molar-refractivity contribution is 0.0698. The number of benzene rings is 2. The van der Waals surface area contributed by atoms with Gasteiger partial charge < -0.3 is 9.52 Å². The number of carbonyl (C=O) groups is 1. The largest absolute Gasteiger partial charge is 0.478 e. The number of aromatic carboxylic acids is 1. The Balaban J connectivity index is 2.23. The summed E-state index contributed by atoms with van der Waals surface area (Å²) in [5, 5.41) is 9.17. The Morgan fingerprint density at radius 3 is 2.75 bits per heavy atom. The predicted molar refractivity (Wildman–Crippen MR) is 78.2 cm³/mol. The molecule has 0 saturated carbocycles. The molecule has 100 valence electrons. The normalized spacial score (nSPS) is 10.8. The van der Waals surface area contributed by atoms with Crippen LogP contribution in [0.25, 0.3) is 22.6 Å². The molecule has 0 amide bonds. The van der Waals surface area contributed by atoms with Crippen LogP contribution in [0.5, 0.6) is 0 Å². The number of carboxylic acids is 1. The summed E-state index contributed by atoms with van der Waals surface area (Å²) in [6, 6.07) is 12.7. The molecule has 0 aliphatic carbocycles. The van der Waals surface area contributed by atoms with Crippen LogP contribution >= 0.6 is 11.8 Å². The number of para-hydroxylation sites is 1. The van der Waals surface area contributed by atoms with E-state index in [9.17, 15) is 9.90 Å². The Morgan fingerprint density at radius 2 is 2.00 bits per heavy atom. The summed E-state index contributed by atoms with van der Waals surface area (Å²) in [5.74, 6) is -0.574. The molecule has 0 saturated heterocycles. The van der Waals surface area contributed by atoms with Crippen molar-refractivity contribution in [1.82, 2.24) is 4.98 Å². The minimum absolute atomic E-state index is 0.128. The van der Waals surface area contributed by atoms with Gasteiger partial charge in [0.1, 0.15) is 11.1 Å². The van der Waals surface area contributed by atoms with Crippen molar-refractivity contribution in [2.75, 3.05) is 6.26 Å². The van der Waals surface area contributed by atoms with Crippen LogP contribution in [0.4, 0.5) is 0 Å². The minimum atomic E-state index is -1.02. The fourth-order valence-corrected chi connectivity index (χ4v) is 2.64. The second kappa shape index (κ2) is 5.02. The van der Waals surface area contributed by atoms with Crippen LogP contribution in [0.1, 0.15) is 10.4 Å². The first kappa shape index (κ1) is 12.7. The van der Waals surface area contributed by atoms with Gasteiger partial charge in [0.2, 0.25) is 5.89 Å².